The van der Waals surface area contributed by atoms with Gasteiger partial charge in [-0.05, 0) is 18.1 Å². The molecule has 19 heavy (non-hydrogen) atoms. The molecule has 1 unspecified atom stereocenters. The van der Waals surface area contributed by atoms with Crippen molar-refractivity contribution < 1.29 is 19.5 Å². The van der Waals surface area contributed by atoms with E-state index in [4.69, 9.17) is 10.8 Å². The van der Waals surface area contributed by atoms with Crippen LogP contribution in [0.15, 0.2) is 24.3 Å². The summed E-state index contributed by atoms with van der Waals surface area (Å²) in [5, 5.41) is 9.07. The molecule has 1 aliphatic heterocycles. The van der Waals surface area contributed by atoms with E-state index in [1.165, 1.54) is 4.90 Å². The number of nitrogens with zero attached hydrogens (tertiary/aromatic N) is 1. The molecule has 2 amide bonds. The van der Waals surface area contributed by atoms with Crippen molar-refractivity contribution in [3.8, 4) is 0 Å². The summed E-state index contributed by atoms with van der Waals surface area (Å²) >= 11 is 0. The van der Waals surface area contributed by atoms with E-state index in [9.17, 15) is 14.4 Å². The molecule has 6 heteroatoms. The summed E-state index contributed by atoms with van der Waals surface area (Å²) < 4.78 is 0. The molecule has 0 bridgehead atoms. The Labute approximate surface area is 109 Å². The van der Waals surface area contributed by atoms with Crippen LogP contribution >= 0.6 is 0 Å². The van der Waals surface area contributed by atoms with E-state index in [1.54, 1.807) is 24.3 Å². The van der Waals surface area contributed by atoms with Crippen molar-refractivity contribution in [3.63, 3.8) is 0 Å². The molecule has 100 valence electrons. The van der Waals surface area contributed by atoms with Crippen LogP contribution in [0.4, 0.5) is 0 Å². The molecule has 0 saturated carbocycles. The molecule has 6 nitrogen and oxygen atoms in total. The molecule has 1 aliphatic rings. The third-order valence-corrected chi connectivity index (χ3v) is 3.24. The lowest BCUT2D eigenvalue weighted by Gasteiger charge is -2.22. The highest BCUT2D eigenvalue weighted by Crippen LogP contribution is 2.22. The van der Waals surface area contributed by atoms with E-state index in [0.717, 1.165) is 0 Å². The number of carbonyl (C=O) groups excluding carboxylic acids is 2. The molecule has 1 aromatic carbocycles. The quantitative estimate of drug-likeness (QED) is 0.818. The SMILES string of the molecule is NC(=O)c1ccccc1CN1C(=O)CCC1C(=O)O. The van der Waals surface area contributed by atoms with Gasteiger partial charge < -0.3 is 15.7 Å². The predicted molar refractivity (Wildman–Crippen MR) is 66.2 cm³/mol. The Morgan fingerprint density at radius 2 is 2.05 bits per heavy atom. The van der Waals surface area contributed by atoms with Gasteiger partial charge in [0.2, 0.25) is 11.8 Å². The summed E-state index contributed by atoms with van der Waals surface area (Å²) in [7, 11) is 0. The fourth-order valence-corrected chi connectivity index (χ4v) is 2.27. The molecule has 0 spiro atoms. The Morgan fingerprint density at radius 1 is 1.37 bits per heavy atom. The average molecular weight is 262 g/mol. The Bertz CT molecular complexity index is 541. The Kier molecular flexibility index (Phi) is 3.50. The summed E-state index contributed by atoms with van der Waals surface area (Å²) in [4.78, 5) is 35.4. The van der Waals surface area contributed by atoms with E-state index in [2.05, 4.69) is 0 Å². The number of benzene rings is 1. The summed E-state index contributed by atoms with van der Waals surface area (Å²) in [5.41, 5.74) is 6.14. The van der Waals surface area contributed by atoms with Crippen molar-refractivity contribution >= 4 is 17.8 Å². The molecular weight excluding hydrogens is 248 g/mol. The van der Waals surface area contributed by atoms with E-state index < -0.39 is 17.9 Å². The zero-order valence-electron chi connectivity index (χ0n) is 10.2. The van der Waals surface area contributed by atoms with Gasteiger partial charge in [0.15, 0.2) is 0 Å². The molecule has 1 fully saturated rings. The van der Waals surface area contributed by atoms with Crippen LogP contribution in [0.1, 0.15) is 28.8 Å². The molecule has 0 radical (unpaired) electrons. The first-order chi connectivity index (χ1) is 9.00. The summed E-state index contributed by atoms with van der Waals surface area (Å²) in [6.07, 6.45) is 0.516. The highest BCUT2D eigenvalue weighted by Gasteiger charge is 2.36. The largest absolute Gasteiger partial charge is 0.480 e. The minimum atomic E-state index is -1.03. The third kappa shape index (κ3) is 2.57. The first-order valence-electron chi connectivity index (χ1n) is 5.90. The molecule has 1 heterocycles. The second-order valence-corrected chi connectivity index (χ2v) is 4.44. The number of carbonyl (C=O) groups is 3. The monoisotopic (exact) mass is 262 g/mol. The van der Waals surface area contributed by atoms with Crippen molar-refractivity contribution in [2.24, 2.45) is 5.73 Å². The maximum atomic E-state index is 11.7. The third-order valence-electron chi connectivity index (χ3n) is 3.24. The molecule has 0 aromatic heterocycles. The minimum absolute atomic E-state index is 0.0922. The second-order valence-electron chi connectivity index (χ2n) is 4.44. The summed E-state index contributed by atoms with van der Waals surface area (Å²) in [6.45, 7) is 0.0922. The Balaban J connectivity index is 2.27. The lowest BCUT2D eigenvalue weighted by Crippen LogP contribution is -2.38. The molecule has 1 saturated heterocycles. The van der Waals surface area contributed by atoms with Crippen LogP contribution in [0.25, 0.3) is 0 Å². The first kappa shape index (κ1) is 13.1. The molecule has 3 N–H and O–H groups in total. The number of amides is 2. The van der Waals surface area contributed by atoms with Gasteiger partial charge in [-0.3, -0.25) is 9.59 Å². The summed E-state index contributed by atoms with van der Waals surface area (Å²) in [6, 6.07) is 5.80. The van der Waals surface area contributed by atoms with Crippen LogP contribution in [0.5, 0.6) is 0 Å². The number of rotatable bonds is 4. The van der Waals surface area contributed by atoms with E-state index in [0.29, 0.717) is 17.5 Å². The van der Waals surface area contributed by atoms with Gasteiger partial charge in [-0.1, -0.05) is 18.2 Å². The number of hydrogen-bond acceptors (Lipinski definition) is 3. The van der Waals surface area contributed by atoms with Crippen LogP contribution in [-0.2, 0) is 16.1 Å². The first-order valence-corrected chi connectivity index (χ1v) is 5.90. The van der Waals surface area contributed by atoms with Gasteiger partial charge in [0.05, 0.1) is 0 Å². The fraction of sp³-hybridized carbons (Fsp3) is 0.308. The van der Waals surface area contributed by atoms with Gasteiger partial charge in [0.1, 0.15) is 6.04 Å². The molecule has 2 rings (SSSR count). The van der Waals surface area contributed by atoms with Gasteiger partial charge >= 0.3 is 5.97 Å². The number of hydrogen-bond donors (Lipinski definition) is 2. The number of nitrogens with two attached hydrogens (primary N) is 1. The van der Waals surface area contributed by atoms with Gasteiger partial charge in [-0.15, -0.1) is 0 Å². The lowest BCUT2D eigenvalue weighted by atomic mass is 10.1. The van der Waals surface area contributed by atoms with E-state index in [-0.39, 0.29) is 18.9 Å². The minimum Gasteiger partial charge on any atom is -0.480 e. The van der Waals surface area contributed by atoms with E-state index >= 15 is 0 Å². The number of likely N-dealkylation sites (tertiary alicyclic amines) is 1. The molecule has 1 atom stereocenters. The van der Waals surface area contributed by atoms with Gasteiger partial charge in [0.25, 0.3) is 0 Å². The molecular formula is C13H14N2O4. The van der Waals surface area contributed by atoms with Crippen molar-refractivity contribution in [1.82, 2.24) is 4.90 Å². The van der Waals surface area contributed by atoms with Crippen LogP contribution in [0.3, 0.4) is 0 Å². The second kappa shape index (κ2) is 5.09. The van der Waals surface area contributed by atoms with Crippen molar-refractivity contribution in [2.45, 2.75) is 25.4 Å². The van der Waals surface area contributed by atoms with Crippen LogP contribution in [0, 0.1) is 0 Å². The standard InChI is InChI=1S/C13H14N2O4/c14-12(17)9-4-2-1-3-8(9)7-15-10(13(18)19)5-6-11(15)16/h1-4,10H,5-7H2,(H2,14,17)(H,18,19). The van der Waals surface area contributed by atoms with Gasteiger partial charge in [0, 0.05) is 18.5 Å². The van der Waals surface area contributed by atoms with Gasteiger partial charge in [-0.2, -0.15) is 0 Å². The zero-order valence-corrected chi connectivity index (χ0v) is 10.2. The molecule has 0 aliphatic carbocycles. The number of primary amides is 1. The average Bonchev–Trinajstić information content (AvgIpc) is 2.72. The van der Waals surface area contributed by atoms with Gasteiger partial charge in [-0.25, -0.2) is 4.79 Å². The van der Waals surface area contributed by atoms with Crippen molar-refractivity contribution in [2.75, 3.05) is 0 Å². The topological polar surface area (TPSA) is 101 Å². The van der Waals surface area contributed by atoms with Crippen LogP contribution in [-0.4, -0.2) is 33.8 Å². The van der Waals surface area contributed by atoms with Crippen molar-refractivity contribution in [1.29, 1.82) is 0 Å². The summed E-state index contributed by atoms with van der Waals surface area (Å²) in [5.74, 6) is -1.83. The highest BCUT2D eigenvalue weighted by molar-refractivity contribution is 5.94. The smallest absolute Gasteiger partial charge is 0.326 e. The number of aliphatic carboxylic acids is 1. The maximum Gasteiger partial charge on any atom is 0.326 e. The maximum absolute atomic E-state index is 11.7. The highest BCUT2D eigenvalue weighted by atomic mass is 16.4. The molecule has 1 aromatic rings. The van der Waals surface area contributed by atoms with Crippen LogP contribution < -0.4 is 5.73 Å². The van der Waals surface area contributed by atoms with Crippen molar-refractivity contribution in [3.05, 3.63) is 35.4 Å². The lowest BCUT2D eigenvalue weighted by molar-refractivity contribution is -0.146. The Morgan fingerprint density at radius 3 is 2.68 bits per heavy atom. The number of carboxylic acids is 1. The van der Waals surface area contributed by atoms with E-state index in [1.807, 2.05) is 0 Å². The Hall–Kier alpha value is -2.37. The number of carboxylic acid groups (broad SMARTS) is 1. The fourth-order valence-electron chi connectivity index (χ4n) is 2.27. The normalized spacial score (nSPS) is 18.6. The van der Waals surface area contributed by atoms with Crippen LogP contribution in [0.2, 0.25) is 0 Å². The zero-order chi connectivity index (χ0) is 14.0. The predicted octanol–water partition coefficient (Wildman–Crippen LogP) is 0.361.